The van der Waals surface area contributed by atoms with Gasteiger partial charge in [0.1, 0.15) is 11.4 Å². The van der Waals surface area contributed by atoms with Crippen LogP contribution >= 0.6 is 0 Å². The van der Waals surface area contributed by atoms with Crippen LogP contribution in [-0.4, -0.2) is 75.7 Å². The van der Waals surface area contributed by atoms with Gasteiger partial charge in [0.05, 0.1) is 29.6 Å². The SMILES string of the molecule is COC/C=C/C(=O)N1CCc2nn(-c3ccc(C4CCC4)cc3OC(C)=O)c3c2[C@@H](C1)N(C(=O)c1cnc(C(F)(F)F)cc1N)CC3. The molecule has 6 rings (SSSR count). The molecule has 2 amide bonds. The van der Waals surface area contributed by atoms with Crippen molar-refractivity contribution >= 4 is 23.5 Å². The molecule has 2 N–H and O–H groups in total. The number of anilines is 1. The Balaban J connectivity index is 1.42. The fraction of sp³-hybridized carbons (Fsp3) is 0.424. The molecule has 1 fully saturated rings. The van der Waals surface area contributed by atoms with Gasteiger partial charge in [-0.25, -0.2) is 4.68 Å². The van der Waals surface area contributed by atoms with Gasteiger partial charge in [0.2, 0.25) is 5.91 Å². The molecule has 0 saturated heterocycles. The first-order valence-electron chi connectivity index (χ1n) is 15.5. The molecule has 14 heteroatoms. The number of aromatic nitrogens is 3. The zero-order valence-electron chi connectivity index (χ0n) is 26.0. The molecular weight excluding hydrogens is 617 g/mol. The van der Waals surface area contributed by atoms with Gasteiger partial charge in [0.15, 0.2) is 5.75 Å². The van der Waals surface area contributed by atoms with Crippen LogP contribution in [0.5, 0.6) is 5.75 Å². The highest BCUT2D eigenvalue weighted by atomic mass is 19.4. The molecule has 0 bridgehead atoms. The van der Waals surface area contributed by atoms with Gasteiger partial charge in [-0.2, -0.15) is 18.3 Å². The second-order valence-electron chi connectivity index (χ2n) is 12.0. The second-order valence-corrected chi connectivity index (χ2v) is 12.0. The minimum Gasteiger partial charge on any atom is -0.424 e. The van der Waals surface area contributed by atoms with E-state index < -0.39 is 29.8 Å². The Hall–Kier alpha value is -4.72. The van der Waals surface area contributed by atoms with Crippen molar-refractivity contribution in [3.63, 3.8) is 0 Å². The van der Waals surface area contributed by atoms with E-state index in [1.54, 1.807) is 15.7 Å². The van der Waals surface area contributed by atoms with Crippen molar-refractivity contribution in [3.05, 3.63) is 76.4 Å². The first-order chi connectivity index (χ1) is 22.5. The smallest absolute Gasteiger partial charge is 0.424 e. The topological polar surface area (TPSA) is 133 Å². The van der Waals surface area contributed by atoms with E-state index in [1.165, 1.54) is 25.0 Å². The molecule has 1 saturated carbocycles. The molecule has 4 heterocycles. The number of halogens is 3. The van der Waals surface area contributed by atoms with Gasteiger partial charge in [0.25, 0.3) is 5.91 Å². The van der Waals surface area contributed by atoms with Gasteiger partial charge in [-0.05, 0) is 42.5 Å². The van der Waals surface area contributed by atoms with E-state index in [0.717, 1.165) is 42.3 Å². The van der Waals surface area contributed by atoms with E-state index in [-0.39, 0.29) is 36.9 Å². The Morgan fingerprint density at radius 2 is 1.91 bits per heavy atom. The van der Waals surface area contributed by atoms with Crippen LogP contribution in [-0.2, 0) is 33.3 Å². The molecule has 2 aromatic heterocycles. The van der Waals surface area contributed by atoms with Crippen LogP contribution < -0.4 is 10.5 Å². The lowest BCUT2D eigenvalue weighted by molar-refractivity contribution is -0.141. The number of benzene rings is 1. The highest BCUT2D eigenvalue weighted by Gasteiger charge is 2.41. The van der Waals surface area contributed by atoms with Crippen LogP contribution in [0.1, 0.15) is 76.7 Å². The maximum Gasteiger partial charge on any atom is 0.433 e. The molecule has 3 aliphatic rings. The van der Waals surface area contributed by atoms with Crippen molar-refractivity contribution in [2.24, 2.45) is 0 Å². The molecule has 0 unspecified atom stereocenters. The van der Waals surface area contributed by atoms with Gasteiger partial charge >= 0.3 is 12.1 Å². The molecule has 1 atom stereocenters. The number of carbonyl (C=O) groups excluding carboxylic acids is 3. The number of carbonyl (C=O) groups is 3. The molecule has 0 radical (unpaired) electrons. The van der Waals surface area contributed by atoms with Crippen molar-refractivity contribution < 1.29 is 37.0 Å². The molecule has 248 valence electrons. The van der Waals surface area contributed by atoms with Gasteiger partial charge in [-0.1, -0.05) is 18.6 Å². The van der Waals surface area contributed by atoms with E-state index in [2.05, 4.69) is 4.98 Å². The fourth-order valence-corrected chi connectivity index (χ4v) is 6.48. The summed E-state index contributed by atoms with van der Waals surface area (Å²) in [5.41, 5.74) is 8.14. The Kier molecular flexibility index (Phi) is 8.79. The number of methoxy groups -OCH3 is 1. The molecule has 2 aliphatic heterocycles. The average molecular weight is 653 g/mol. The molecule has 1 aromatic carbocycles. The summed E-state index contributed by atoms with van der Waals surface area (Å²) < 4.78 is 52.3. The highest BCUT2D eigenvalue weighted by Crippen LogP contribution is 2.42. The third kappa shape index (κ3) is 6.33. The van der Waals surface area contributed by atoms with Crippen LogP contribution in [0.3, 0.4) is 0 Å². The minimum absolute atomic E-state index is 0.110. The van der Waals surface area contributed by atoms with Crippen LogP contribution in [0.15, 0.2) is 42.6 Å². The van der Waals surface area contributed by atoms with E-state index in [0.29, 0.717) is 48.5 Å². The second kappa shape index (κ2) is 12.8. The Morgan fingerprint density at radius 1 is 1.13 bits per heavy atom. The minimum atomic E-state index is -4.72. The number of amides is 2. The standard InChI is InChI=1S/C33H35F3N6O5/c1-19(43)47-28-15-21(20-5-3-6-20)8-9-25(28)42-26-11-13-41(32(45)22-17-38-29(16-23(22)37)33(34,35)36)27-18-40(30(44)7-4-14-46-2)12-10-24(39-42)31(26)27/h4,7-9,15-17,20,27H,3,5-6,10-14,18H2,1-2H3,(H2,37,38)/b7-4+/t27-/m1/s1. The lowest BCUT2D eigenvalue weighted by atomic mass is 9.80. The van der Waals surface area contributed by atoms with Crippen molar-refractivity contribution in [1.82, 2.24) is 24.6 Å². The summed E-state index contributed by atoms with van der Waals surface area (Å²) in [6, 6.07) is 5.77. The van der Waals surface area contributed by atoms with Crippen LogP contribution in [0.25, 0.3) is 5.69 Å². The number of rotatable bonds is 7. The predicted octanol–water partition coefficient (Wildman–Crippen LogP) is 4.39. The van der Waals surface area contributed by atoms with E-state index >= 15 is 0 Å². The summed E-state index contributed by atoms with van der Waals surface area (Å²) in [6.45, 7) is 2.16. The van der Waals surface area contributed by atoms with Gasteiger partial charge in [-0.3, -0.25) is 19.4 Å². The predicted molar refractivity (Wildman–Crippen MR) is 164 cm³/mol. The summed E-state index contributed by atoms with van der Waals surface area (Å²) in [6.07, 6.45) is 3.14. The molecule has 3 aromatic rings. The summed E-state index contributed by atoms with van der Waals surface area (Å²) in [4.78, 5) is 46.0. The Labute approximate surface area is 269 Å². The number of pyridine rings is 1. The number of hydrogen-bond acceptors (Lipinski definition) is 8. The number of nitrogens with two attached hydrogens (primary N) is 1. The number of esters is 1. The summed E-state index contributed by atoms with van der Waals surface area (Å²) in [7, 11) is 1.51. The third-order valence-electron chi connectivity index (χ3n) is 9.00. The van der Waals surface area contributed by atoms with Crippen molar-refractivity contribution in [2.45, 2.75) is 57.2 Å². The first-order valence-corrected chi connectivity index (χ1v) is 15.5. The molecule has 0 spiro atoms. The van der Waals surface area contributed by atoms with E-state index in [1.807, 2.05) is 18.2 Å². The van der Waals surface area contributed by atoms with Crippen molar-refractivity contribution in [1.29, 1.82) is 0 Å². The number of alkyl halides is 3. The van der Waals surface area contributed by atoms with Gasteiger partial charge in [0, 0.05) is 70.0 Å². The van der Waals surface area contributed by atoms with E-state index in [9.17, 15) is 27.6 Å². The zero-order valence-corrected chi connectivity index (χ0v) is 26.0. The lowest BCUT2D eigenvalue weighted by Crippen LogP contribution is -2.46. The molecule has 1 aliphatic carbocycles. The monoisotopic (exact) mass is 652 g/mol. The maximum atomic E-state index is 14.0. The van der Waals surface area contributed by atoms with Crippen molar-refractivity contribution in [2.75, 3.05) is 39.1 Å². The van der Waals surface area contributed by atoms with Crippen LogP contribution in [0.2, 0.25) is 0 Å². The van der Waals surface area contributed by atoms with Crippen molar-refractivity contribution in [3.8, 4) is 11.4 Å². The normalized spacial score (nSPS) is 18.1. The maximum absolute atomic E-state index is 14.0. The zero-order chi connectivity index (χ0) is 33.5. The summed E-state index contributed by atoms with van der Waals surface area (Å²) >= 11 is 0. The lowest BCUT2D eigenvalue weighted by Gasteiger charge is -2.38. The van der Waals surface area contributed by atoms with Crippen LogP contribution in [0, 0.1) is 0 Å². The van der Waals surface area contributed by atoms with E-state index in [4.69, 9.17) is 20.3 Å². The number of nitrogens with zero attached hydrogens (tertiary/aromatic N) is 5. The number of nitrogen functional groups attached to an aromatic ring is 1. The Morgan fingerprint density at radius 3 is 2.57 bits per heavy atom. The molecule has 11 nitrogen and oxygen atoms in total. The number of ether oxygens (including phenoxy) is 2. The number of hydrogen-bond donors (Lipinski definition) is 1. The van der Waals surface area contributed by atoms with Crippen LogP contribution in [0.4, 0.5) is 18.9 Å². The third-order valence-corrected chi connectivity index (χ3v) is 9.00. The highest BCUT2D eigenvalue weighted by molar-refractivity contribution is 5.99. The summed E-state index contributed by atoms with van der Waals surface area (Å²) in [5, 5.41) is 4.96. The Bertz CT molecular complexity index is 1750. The first kappa shape index (κ1) is 32.2. The average Bonchev–Trinajstić information content (AvgIpc) is 3.24. The quantitative estimate of drug-likeness (QED) is 0.226. The summed E-state index contributed by atoms with van der Waals surface area (Å²) in [5.74, 6) is -0.558. The van der Waals surface area contributed by atoms with Gasteiger partial charge in [-0.15, -0.1) is 0 Å². The fourth-order valence-electron chi connectivity index (χ4n) is 6.48. The largest absolute Gasteiger partial charge is 0.433 e. The molecule has 47 heavy (non-hydrogen) atoms. The van der Waals surface area contributed by atoms with Gasteiger partial charge < -0.3 is 25.0 Å². The molecular formula is C33H35F3N6O5.